The van der Waals surface area contributed by atoms with E-state index in [0.29, 0.717) is 0 Å². The van der Waals surface area contributed by atoms with Crippen LogP contribution in [0.3, 0.4) is 0 Å². The Labute approximate surface area is 242 Å². The second kappa shape index (κ2) is 13.7. The molecule has 0 heterocycles. The molecule has 0 N–H and O–H groups in total. The van der Waals surface area contributed by atoms with Gasteiger partial charge in [-0.3, -0.25) is 6.08 Å². The van der Waals surface area contributed by atoms with Gasteiger partial charge in [0.05, 0.1) is 0 Å². The molecule has 1 fully saturated rings. The summed E-state index contributed by atoms with van der Waals surface area (Å²) >= 11 is 1.69. The standard InChI is InChI=1S/C25H17.C7H12.C5H5.Zr/c1-3-7-18(8-4-1)20-11-13-24-22(15-20)17-23-16-21(12-14-25(23)24)19-9-5-2-6-10-19;1-2-4-6-7-5-3-1;1-2-4-5-3-1;/h1-17H;1-6H2;1-3H,4H2;/q-1;;-1;+2. The molecule has 0 saturated heterocycles. The predicted molar refractivity (Wildman–Crippen MR) is 162 cm³/mol. The average Bonchev–Trinajstić information content (AvgIpc) is 3.62. The van der Waals surface area contributed by atoms with E-state index in [9.17, 15) is 0 Å². The van der Waals surface area contributed by atoms with Crippen molar-refractivity contribution in [3.63, 3.8) is 0 Å². The smallest absolute Gasteiger partial charge is 0.0259 e. The molecule has 5 aromatic rings. The van der Waals surface area contributed by atoms with E-state index in [4.69, 9.17) is 0 Å². The molecule has 0 aromatic heterocycles. The third-order valence-electron chi connectivity index (χ3n) is 7.21. The minimum Gasteiger partial charge on any atom is -0.126 e. The van der Waals surface area contributed by atoms with E-state index in [1.807, 2.05) is 15.4 Å². The third kappa shape index (κ3) is 7.09. The van der Waals surface area contributed by atoms with E-state index in [0.717, 1.165) is 6.42 Å². The molecule has 7 rings (SSSR count). The number of rotatable bonds is 2. The second-order valence-corrected chi connectivity index (χ2v) is 11.7. The quantitative estimate of drug-likeness (QED) is 0.146. The summed E-state index contributed by atoms with van der Waals surface area (Å²) in [6.45, 7) is 0. The Balaban J connectivity index is 0.000000185. The molecule has 0 spiro atoms. The molecular weight excluding hydrogens is 536 g/mol. The number of hydrogen-bond acceptors (Lipinski definition) is 0. The summed E-state index contributed by atoms with van der Waals surface area (Å²) in [6.07, 6.45) is 18.8. The maximum atomic E-state index is 2.99. The van der Waals surface area contributed by atoms with Crippen molar-refractivity contribution in [2.75, 3.05) is 0 Å². The Morgan fingerprint density at radius 3 is 1.53 bits per heavy atom. The molecule has 2 aliphatic carbocycles. The predicted octanol–water partition coefficient (Wildman–Crippen LogP) is 10.4. The Bertz CT molecular complexity index is 1420. The third-order valence-corrected chi connectivity index (χ3v) is 8.44. The number of benzene rings is 4. The van der Waals surface area contributed by atoms with Crippen molar-refractivity contribution >= 4 is 24.8 Å². The van der Waals surface area contributed by atoms with Crippen LogP contribution < -0.4 is 0 Å². The maximum Gasteiger partial charge on any atom is -0.0259 e. The largest absolute Gasteiger partial charge is 0.126 e. The van der Waals surface area contributed by atoms with Crippen molar-refractivity contribution in [2.45, 2.75) is 44.9 Å². The van der Waals surface area contributed by atoms with Crippen LogP contribution in [0.15, 0.2) is 121 Å². The Kier molecular flexibility index (Phi) is 9.57. The topological polar surface area (TPSA) is 0 Å². The van der Waals surface area contributed by atoms with Gasteiger partial charge in [-0.1, -0.05) is 96.1 Å². The van der Waals surface area contributed by atoms with Gasteiger partial charge in [0.15, 0.2) is 0 Å². The van der Waals surface area contributed by atoms with Gasteiger partial charge >= 0.3 is 66.0 Å². The van der Waals surface area contributed by atoms with Crippen molar-refractivity contribution in [2.24, 2.45) is 0 Å². The second-order valence-electron chi connectivity index (χ2n) is 10.0. The van der Waals surface area contributed by atoms with Gasteiger partial charge in [-0.05, 0) is 11.1 Å². The summed E-state index contributed by atoms with van der Waals surface area (Å²) in [5.41, 5.74) is 5.07. The van der Waals surface area contributed by atoms with Crippen LogP contribution in [0.5, 0.6) is 0 Å². The monoisotopic (exact) mass is 568 g/mol. The van der Waals surface area contributed by atoms with Gasteiger partial charge in [0, 0.05) is 0 Å². The Hall–Kier alpha value is -3.02. The van der Waals surface area contributed by atoms with Gasteiger partial charge in [-0.2, -0.15) is 6.08 Å². The average molecular weight is 570 g/mol. The molecule has 1 saturated carbocycles. The molecule has 2 aliphatic rings. The molecule has 0 bridgehead atoms. The Morgan fingerprint density at radius 1 is 0.579 bits per heavy atom. The first kappa shape index (κ1) is 26.6. The van der Waals surface area contributed by atoms with Crippen LogP contribution in [-0.4, -0.2) is 3.21 Å². The van der Waals surface area contributed by atoms with Gasteiger partial charge in [0.25, 0.3) is 0 Å². The molecule has 1 heteroatoms. The van der Waals surface area contributed by atoms with Crippen molar-refractivity contribution in [1.82, 2.24) is 0 Å². The number of hydrogen-bond donors (Lipinski definition) is 0. The first-order valence-electron chi connectivity index (χ1n) is 13.8. The van der Waals surface area contributed by atoms with E-state index in [2.05, 4.69) is 115 Å². The van der Waals surface area contributed by atoms with Crippen LogP contribution in [0, 0.1) is 6.08 Å². The van der Waals surface area contributed by atoms with Gasteiger partial charge in [-0.25, -0.2) is 12.2 Å². The Morgan fingerprint density at radius 2 is 1.11 bits per heavy atom. The zero-order valence-corrected chi connectivity index (χ0v) is 24.5. The number of allylic oxidation sites excluding steroid dienone is 4. The fraction of sp³-hybridized carbons (Fsp3) is 0.189. The molecule has 0 atom stereocenters. The summed E-state index contributed by atoms with van der Waals surface area (Å²) in [4.78, 5) is 0. The minimum absolute atomic E-state index is 1.01. The van der Waals surface area contributed by atoms with Gasteiger partial charge < -0.3 is 0 Å². The van der Waals surface area contributed by atoms with Gasteiger partial charge in [0.2, 0.25) is 0 Å². The molecule has 0 radical (unpaired) electrons. The summed E-state index contributed by atoms with van der Waals surface area (Å²) < 4.78 is 1.81. The molecule has 0 nitrogen and oxygen atoms in total. The zero-order chi connectivity index (χ0) is 26.0. The van der Waals surface area contributed by atoms with Gasteiger partial charge in [0.1, 0.15) is 0 Å². The van der Waals surface area contributed by atoms with Gasteiger partial charge in [-0.15, -0.1) is 46.2 Å². The van der Waals surface area contributed by atoms with Crippen LogP contribution in [-0.2, 0) is 24.2 Å². The molecule has 0 amide bonds. The normalized spacial score (nSPS) is 14.5. The molecule has 0 aliphatic heterocycles. The zero-order valence-electron chi connectivity index (χ0n) is 22.0. The molecule has 186 valence electrons. The van der Waals surface area contributed by atoms with Crippen LogP contribution in [0.1, 0.15) is 44.9 Å². The molecule has 5 aromatic carbocycles. The maximum absolute atomic E-state index is 2.99. The molecular formula is C37H34Zr. The van der Waals surface area contributed by atoms with Crippen LogP contribution in [0.4, 0.5) is 0 Å². The summed E-state index contributed by atoms with van der Waals surface area (Å²) in [5, 5.41) is 5.27. The minimum atomic E-state index is 1.01. The van der Waals surface area contributed by atoms with E-state index in [-0.39, 0.29) is 0 Å². The summed E-state index contributed by atoms with van der Waals surface area (Å²) in [5.74, 6) is 0. The van der Waals surface area contributed by atoms with E-state index >= 15 is 0 Å². The summed E-state index contributed by atoms with van der Waals surface area (Å²) in [7, 11) is 0. The van der Waals surface area contributed by atoms with Crippen LogP contribution in [0.25, 0.3) is 43.8 Å². The van der Waals surface area contributed by atoms with Crippen molar-refractivity contribution in [3.05, 3.63) is 127 Å². The van der Waals surface area contributed by atoms with E-state index in [1.165, 1.54) is 82.3 Å². The van der Waals surface area contributed by atoms with Crippen molar-refractivity contribution in [1.29, 1.82) is 0 Å². The molecule has 0 unspecified atom stereocenters. The fourth-order valence-electron chi connectivity index (χ4n) is 5.14. The first-order chi connectivity index (χ1) is 18.8. The van der Waals surface area contributed by atoms with Crippen molar-refractivity contribution < 1.29 is 24.2 Å². The van der Waals surface area contributed by atoms with Crippen LogP contribution in [0.2, 0.25) is 0 Å². The van der Waals surface area contributed by atoms with Crippen molar-refractivity contribution in [3.8, 4) is 22.3 Å². The SMILES string of the molecule is [C-]1=CC=CC1.[Zr+2]=[C]1CCCCCC1.c1ccc(-c2ccc3c(c2)[cH-]c2cc(-c4ccccc4)ccc23)cc1. The fourth-order valence-corrected chi connectivity index (χ4v) is 6.01. The van der Waals surface area contributed by atoms with Crippen LogP contribution >= 0.6 is 0 Å². The summed E-state index contributed by atoms with van der Waals surface area (Å²) in [6, 6.07) is 37.0. The number of fused-ring (bicyclic) bond motifs is 3. The molecule has 38 heavy (non-hydrogen) atoms. The van der Waals surface area contributed by atoms with E-state index in [1.54, 1.807) is 24.2 Å². The first-order valence-corrected chi connectivity index (χ1v) is 15.0. The van der Waals surface area contributed by atoms with E-state index < -0.39 is 0 Å².